The van der Waals surface area contributed by atoms with E-state index in [-0.39, 0.29) is 63.1 Å². The first kappa shape index (κ1) is 29.3. The van der Waals surface area contributed by atoms with Gasteiger partial charge in [-0.2, -0.15) is 13.2 Å². The summed E-state index contributed by atoms with van der Waals surface area (Å²) in [6, 6.07) is 6.96. The minimum absolute atomic E-state index is 0.000966. The van der Waals surface area contributed by atoms with E-state index in [9.17, 15) is 38.4 Å². The van der Waals surface area contributed by atoms with Crippen LogP contribution >= 0.6 is 23.4 Å². The lowest BCUT2D eigenvalue weighted by molar-refractivity contribution is -0.137. The van der Waals surface area contributed by atoms with Crippen molar-refractivity contribution in [3.05, 3.63) is 57.3 Å². The number of nitrogens with one attached hydrogen (secondary N) is 1. The van der Waals surface area contributed by atoms with Crippen molar-refractivity contribution in [3.63, 3.8) is 0 Å². The number of H-pyrrole nitrogens is 1. The topological polar surface area (TPSA) is 117 Å². The average molecular weight is 561 g/mol. The number of phenols is 1. The highest BCUT2D eigenvalue weighted by atomic mass is 35.5. The second kappa shape index (κ2) is 12.1. The molecule has 0 bridgehead atoms. The Hall–Kier alpha value is -2.28. The number of halogens is 4. The maximum atomic E-state index is 13.5. The van der Waals surface area contributed by atoms with E-state index in [0.717, 1.165) is 30.0 Å². The fourth-order valence-electron chi connectivity index (χ4n) is 4.07. The van der Waals surface area contributed by atoms with Crippen molar-refractivity contribution in [1.82, 2.24) is 9.88 Å². The first-order valence-corrected chi connectivity index (χ1v) is 12.8. The number of aromatic hydroxyl groups is 1. The van der Waals surface area contributed by atoms with Crippen LogP contribution in [0.3, 0.4) is 0 Å². The number of alkyl halides is 3. The van der Waals surface area contributed by atoms with E-state index in [2.05, 4.69) is 4.98 Å². The highest BCUT2D eigenvalue weighted by molar-refractivity contribution is 7.99. The van der Waals surface area contributed by atoms with Gasteiger partial charge in [0.15, 0.2) is 0 Å². The molecule has 12 heteroatoms. The lowest BCUT2D eigenvalue weighted by atomic mass is 9.98. The van der Waals surface area contributed by atoms with Gasteiger partial charge in [0.05, 0.1) is 28.8 Å². The van der Waals surface area contributed by atoms with E-state index in [0.29, 0.717) is 0 Å². The van der Waals surface area contributed by atoms with Gasteiger partial charge in [-0.1, -0.05) is 11.6 Å². The number of hydrogen-bond donors (Lipinski definition) is 5. The Balaban J connectivity index is 2.06. The fraction of sp³-hybridized carbons (Fsp3) is 0.400. The van der Waals surface area contributed by atoms with Crippen LogP contribution in [0, 0.1) is 0 Å². The van der Waals surface area contributed by atoms with E-state index >= 15 is 0 Å². The summed E-state index contributed by atoms with van der Waals surface area (Å²) in [7, 11) is 0. The van der Waals surface area contributed by atoms with E-state index < -0.39 is 35.6 Å². The maximum Gasteiger partial charge on any atom is 0.416 e. The number of rotatable bonds is 10. The molecule has 3 aromatic rings. The van der Waals surface area contributed by atoms with Gasteiger partial charge in [0, 0.05) is 52.4 Å². The quantitative estimate of drug-likeness (QED) is 0.237. The predicted octanol–water partition coefficient (Wildman–Crippen LogP) is 4.09. The van der Waals surface area contributed by atoms with Crippen LogP contribution in [0.4, 0.5) is 13.2 Å². The van der Waals surface area contributed by atoms with Gasteiger partial charge in [-0.05, 0) is 50.2 Å². The Morgan fingerprint density at radius 1 is 1.03 bits per heavy atom. The largest absolute Gasteiger partial charge is 0.507 e. The van der Waals surface area contributed by atoms with Gasteiger partial charge >= 0.3 is 6.18 Å². The van der Waals surface area contributed by atoms with Gasteiger partial charge in [-0.3, -0.25) is 9.69 Å². The number of phenolic OH excluding ortho intramolecular Hbond substituents is 1. The van der Waals surface area contributed by atoms with Crippen molar-refractivity contribution in [2.45, 2.75) is 43.2 Å². The van der Waals surface area contributed by atoms with E-state index in [1.807, 2.05) is 0 Å². The van der Waals surface area contributed by atoms with Gasteiger partial charge in [-0.15, -0.1) is 11.8 Å². The zero-order valence-electron chi connectivity index (χ0n) is 20.1. The molecule has 3 unspecified atom stereocenters. The summed E-state index contributed by atoms with van der Waals surface area (Å²) in [5.74, 6) is -0.311. The monoisotopic (exact) mass is 560 g/mol. The number of nitrogens with zero attached hydrogens (tertiary/aromatic N) is 1. The van der Waals surface area contributed by atoms with Crippen LogP contribution in [0.5, 0.6) is 5.75 Å². The summed E-state index contributed by atoms with van der Waals surface area (Å²) < 4.78 is 40.5. The zero-order chi connectivity index (χ0) is 27.5. The molecule has 0 aliphatic carbocycles. The molecule has 0 fully saturated rings. The molecule has 202 valence electrons. The van der Waals surface area contributed by atoms with Crippen molar-refractivity contribution < 1.29 is 33.6 Å². The third-order valence-electron chi connectivity index (χ3n) is 5.46. The Morgan fingerprint density at radius 3 is 2.27 bits per heavy atom. The second-order valence-corrected chi connectivity index (χ2v) is 10.4. The van der Waals surface area contributed by atoms with E-state index in [4.69, 9.17) is 11.6 Å². The van der Waals surface area contributed by atoms with Crippen molar-refractivity contribution in [2.75, 3.05) is 25.4 Å². The van der Waals surface area contributed by atoms with Crippen LogP contribution in [-0.2, 0) is 6.18 Å². The van der Waals surface area contributed by atoms with E-state index in [1.54, 1.807) is 18.7 Å². The predicted molar refractivity (Wildman–Crippen MR) is 138 cm³/mol. The molecule has 7 nitrogen and oxygen atoms in total. The molecule has 2 aromatic carbocycles. The second-order valence-electron chi connectivity index (χ2n) is 8.96. The fourth-order valence-corrected chi connectivity index (χ4v) is 5.25. The zero-order valence-corrected chi connectivity index (χ0v) is 21.7. The number of aromatic nitrogens is 1. The van der Waals surface area contributed by atoms with Crippen LogP contribution in [0.2, 0.25) is 5.02 Å². The number of pyridine rings is 1. The van der Waals surface area contributed by atoms with Crippen molar-refractivity contribution in [1.29, 1.82) is 0 Å². The molecule has 3 atom stereocenters. The highest BCUT2D eigenvalue weighted by Gasteiger charge is 2.31. The smallest absolute Gasteiger partial charge is 0.416 e. The summed E-state index contributed by atoms with van der Waals surface area (Å²) in [6.07, 6.45) is -7.07. The molecular weight excluding hydrogens is 533 g/mol. The van der Waals surface area contributed by atoms with Crippen molar-refractivity contribution in [3.8, 4) is 16.9 Å². The first-order valence-electron chi connectivity index (χ1n) is 11.4. The number of fused-ring (bicyclic) bond motifs is 1. The molecule has 0 amide bonds. The Kier molecular flexibility index (Phi) is 9.54. The normalized spacial score (nSPS) is 14.8. The average Bonchev–Trinajstić information content (AvgIpc) is 2.77. The summed E-state index contributed by atoms with van der Waals surface area (Å²) in [6.45, 7) is 3.62. The number of aliphatic hydroxyl groups excluding tert-OH is 3. The molecule has 0 saturated carbocycles. The molecule has 5 N–H and O–H groups in total. The van der Waals surface area contributed by atoms with E-state index in [1.165, 1.54) is 18.2 Å². The number of hydrogen-bond acceptors (Lipinski definition) is 7. The summed E-state index contributed by atoms with van der Waals surface area (Å²) in [5.41, 5.74) is -1.27. The lowest BCUT2D eigenvalue weighted by Gasteiger charge is -2.27. The van der Waals surface area contributed by atoms with Crippen LogP contribution in [0.1, 0.15) is 19.4 Å². The van der Waals surface area contributed by atoms with Crippen LogP contribution in [0.15, 0.2) is 46.1 Å². The number of benzene rings is 2. The maximum absolute atomic E-state index is 13.5. The van der Waals surface area contributed by atoms with Gasteiger partial charge in [0.1, 0.15) is 5.75 Å². The van der Waals surface area contributed by atoms with Crippen LogP contribution in [-0.4, -0.2) is 74.0 Å². The Labute approximate surface area is 220 Å². The molecule has 1 heterocycles. The van der Waals surface area contributed by atoms with Gasteiger partial charge in [-0.25, -0.2) is 0 Å². The molecule has 37 heavy (non-hydrogen) atoms. The number of aliphatic hydroxyl groups is 3. The van der Waals surface area contributed by atoms with Crippen LogP contribution in [0.25, 0.3) is 22.0 Å². The molecule has 1 aromatic heterocycles. The molecule has 0 radical (unpaired) electrons. The molecule has 0 aliphatic rings. The van der Waals surface area contributed by atoms with Crippen molar-refractivity contribution in [2.24, 2.45) is 0 Å². The van der Waals surface area contributed by atoms with Gasteiger partial charge in [0.2, 0.25) is 0 Å². The molecule has 0 saturated heterocycles. The minimum atomic E-state index is -4.64. The molecule has 3 rings (SSSR count). The summed E-state index contributed by atoms with van der Waals surface area (Å²) in [4.78, 5) is 17.3. The van der Waals surface area contributed by atoms with Gasteiger partial charge in [0.25, 0.3) is 5.56 Å². The summed E-state index contributed by atoms with van der Waals surface area (Å²) in [5, 5.41) is 40.9. The Morgan fingerprint density at radius 2 is 1.68 bits per heavy atom. The number of thioether (sulfide) groups is 1. The summed E-state index contributed by atoms with van der Waals surface area (Å²) >= 11 is 7.03. The lowest BCUT2D eigenvalue weighted by Crippen LogP contribution is -2.41. The SMILES string of the molecule is CC(O)CN(CC(C)O)CC(O)CSc1c(-c2cc(Cl)ccc2O)c2cc(C(F)(F)F)ccc2[nH]c1=O. The third-order valence-corrected chi connectivity index (χ3v) is 6.92. The number of aromatic amines is 1. The molecular formula is C25H28ClF3N2O5S. The van der Waals surface area contributed by atoms with Crippen molar-refractivity contribution >= 4 is 34.3 Å². The highest BCUT2D eigenvalue weighted by Crippen LogP contribution is 2.42. The van der Waals surface area contributed by atoms with Crippen LogP contribution < -0.4 is 5.56 Å². The standard InChI is InChI=1S/C25H28ClF3N2O5S/c1-13(32)9-31(10-14(2)33)11-17(34)12-37-23-22(19-8-16(26)4-6-21(19)35)18-7-15(25(27,28)29)3-5-20(18)30-24(23)36/h3-8,13-14,17,32-35H,9-12H2,1-2H3,(H,30,36). The Bertz CT molecular complexity index is 1290. The van der Waals surface area contributed by atoms with Gasteiger partial charge < -0.3 is 25.4 Å². The molecule has 0 spiro atoms. The minimum Gasteiger partial charge on any atom is -0.507 e. The first-order chi connectivity index (χ1) is 17.3. The third kappa shape index (κ3) is 7.62. The molecule has 0 aliphatic heterocycles.